The number of aromatic nitrogens is 2. The molecule has 0 fully saturated rings. The second-order valence-electron chi connectivity index (χ2n) is 6.82. The maximum Gasteiger partial charge on any atom is 0.233 e. The molecule has 0 unspecified atom stereocenters. The molecule has 0 saturated carbocycles. The monoisotopic (exact) mass is 395 g/mol. The molecule has 0 N–H and O–H groups in total. The van der Waals surface area contributed by atoms with Crippen LogP contribution in [0.5, 0.6) is 5.75 Å². The number of thioether (sulfide) groups is 1. The van der Waals surface area contributed by atoms with Crippen LogP contribution >= 0.6 is 11.8 Å². The fourth-order valence-corrected chi connectivity index (χ4v) is 3.97. The van der Waals surface area contributed by atoms with Crippen LogP contribution in [-0.4, -0.2) is 40.3 Å². The molecule has 28 heavy (non-hydrogen) atoms. The Kier molecular flexibility index (Phi) is 6.41. The molecule has 3 aromatic rings. The number of methoxy groups -OCH3 is 1. The first-order chi connectivity index (χ1) is 13.5. The molecule has 1 amide bonds. The largest absolute Gasteiger partial charge is 0.497 e. The molecular formula is C22H25N3O2S. The SMILES string of the molecule is COc1cccc(CN(C)C(=O)CSc2nccn2-c2cc(C)cc(C)c2)c1. The summed E-state index contributed by atoms with van der Waals surface area (Å²) >= 11 is 1.45. The number of carbonyl (C=O) groups is 1. The highest BCUT2D eigenvalue weighted by atomic mass is 32.2. The predicted molar refractivity (Wildman–Crippen MR) is 113 cm³/mol. The second kappa shape index (κ2) is 8.97. The summed E-state index contributed by atoms with van der Waals surface area (Å²) in [6.45, 7) is 4.71. The molecule has 0 atom stereocenters. The number of rotatable bonds is 7. The molecule has 3 rings (SSSR count). The Morgan fingerprint density at radius 2 is 1.93 bits per heavy atom. The maximum absolute atomic E-state index is 12.6. The summed E-state index contributed by atoms with van der Waals surface area (Å²) in [5.41, 5.74) is 4.51. The average Bonchev–Trinajstić information content (AvgIpc) is 3.14. The third kappa shape index (κ3) is 4.95. The highest BCUT2D eigenvalue weighted by molar-refractivity contribution is 7.99. The van der Waals surface area contributed by atoms with E-state index in [2.05, 4.69) is 37.0 Å². The first-order valence-corrected chi connectivity index (χ1v) is 10.1. The van der Waals surface area contributed by atoms with Gasteiger partial charge in [0.2, 0.25) is 5.91 Å². The van der Waals surface area contributed by atoms with Crippen molar-refractivity contribution in [1.29, 1.82) is 0 Å². The van der Waals surface area contributed by atoms with E-state index >= 15 is 0 Å². The Morgan fingerprint density at radius 3 is 2.64 bits per heavy atom. The van der Waals surface area contributed by atoms with Crippen LogP contribution in [0.1, 0.15) is 16.7 Å². The van der Waals surface area contributed by atoms with Gasteiger partial charge in [-0.1, -0.05) is 30.0 Å². The molecule has 2 aromatic carbocycles. The minimum Gasteiger partial charge on any atom is -0.497 e. The summed E-state index contributed by atoms with van der Waals surface area (Å²) in [5.74, 6) is 1.19. The number of hydrogen-bond donors (Lipinski definition) is 0. The van der Waals surface area contributed by atoms with Crippen LogP contribution in [0.15, 0.2) is 60.0 Å². The van der Waals surface area contributed by atoms with E-state index in [0.29, 0.717) is 12.3 Å². The molecule has 0 aliphatic rings. The third-order valence-electron chi connectivity index (χ3n) is 4.40. The van der Waals surface area contributed by atoms with Gasteiger partial charge in [-0.25, -0.2) is 4.98 Å². The summed E-state index contributed by atoms with van der Waals surface area (Å²) in [5, 5.41) is 0.813. The molecular weight excluding hydrogens is 370 g/mol. The van der Waals surface area contributed by atoms with Gasteiger partial charge in [0.05, 0.1) is 12.9 Å². The highest BCUT2D eigenvalue weighted by Crippen LogP contribution is 2.23. The zero-order valence-electron chi connectivity index (χ0n) is 16.7. The van der Waals surface area contributed by atoms with Crippen LogP contribution in [0, 0.1) is 13.8 Å². The van der Waals surface area contributed by atoms with Crippen molar-refractivity contribution in [2.75, 3.05) is 19.9 Å². The van der Waals surface area contributed by atoms with Crippen LogP contribution in [0.3, 0.4) is 0 Å². The standard InChI is InChI=1S/C22H25N3O2S/c1-16-10-17(2)12-19(11-16)25-9-8-23-22(25)28-15-21(26)24(3)14-18-6-5-7-20(13-18)27-4/h5-13H,14-15H2,1-4H3. The molecule has 1 aromatic heterocycles. The van der Waals surface area contributed by atoms with Gasteiger partial charge in [-0.15, -0.1) is 0 Å². The van der Waals surface area contributed by atoms with Crippen molar-refractivity contribution in [3.8, 4) is 11.4 Å². The van der Waals surface area contributed by atoms with Gasteiger partial charge in [-0.05, 0) is 54.8 Å². The van der Waals surface area contributed by atoms with Crippen molar-refractivity contribution in [2.45, 2.75) is 25.5 Å². The summed E-state index contributed by atoms with van der Waals surface area (Å²) in [4.78, 5) is 18.7. The van der Waals surface area contributed by atoms with Gasteiger partial charge < -0.3 is 9.64 Å². The molecule has 0 bridgehead atoms. The fraction of sp³-hybridized carbons (Fsp3) is 0.273. The minimum absolute atomic E-state index is 0.0581. The molecule has 5 nitrogen and oxygen atoms in total. The number of ether oxygens (including phenoxy) is 1. The smallest absolute Gasteiger partial charge is 0.233 e. The molecule has 0 aliphatic heterocycles. The number of benzene rings is 2. The Morgan fingerprint density at radius 1 is 1.18 bits per heavy atom. The maximum atomic E-state index is 12.6. The van der Waals surface area contributed by atoms with Crippen LogP contribution in [0.25, 0.3) is 5.69 Å². The van der Waals surface area contributed by atoms with E-state index < -0.39 is 0 Å². The fourth-order valence-electron chi connectivity index (χ4n) is 3.05. The summed E-state index contributed by atoms with van der Waals surface area (Å²) in [6.07, 6.45) is 3.70. The van der Waals surface area contributed by atoms with E-state index in [4.69, 9.17) is 4.74 Å². The zero-order chi connectivity index (χ0) is 20.1. The lowest BCUT2D eigenvalue weighted by Crippen LogP contribution is -2.27. The molecule has 146 valence electrons. The molecule has 0 saturated heterocycles. The lowest BCUT2D eigenvalue weighted by atomic mass is 10.1. The van der Waals surface area contributed by atoms with Crippen molar-refractivity contribution in [1.82, 2.24) is 14.5 Å². The second-order valence-corrected chi connectivity index (χ2v) is 7.76. The van der Waals surface area contributed by atoms with Crippen LogP contribution in [0.2, 0.25) is 0 Å². The first kappa shape index (κ1) is 20.0. The van der Waals surface area contributed by atoms with E-state index in [9.17, 15) is 4.79 Å². The average molecular weight is 396 g/mol. The number of aryl methyl sites for hydroxylation is 2. The van der Waals surface area contributed by atoms with Crippen LogP contribution in [0.4, 0.5) is 0 Å². The summed E-state index contributed by atoms with van der Waals surface area (Å²) in [7, 11) is 3.46. The van der Waals surface area contributed by atoms with Gasteiger partial charge in [0.15, 0.2) is 5.16 Å². The Labute approximate surface area is 170 Å². The van der Waals surface area contributed by atoms with Crippen molar-refractivity contribution >= 4 is 17.7 Å². The third-order valence-corrected chi connectivity index (χ3v) is 5.35. The van der Waals surface area contributed by atoms with Gasteiger partial charge in [0.1, 0.15) is 5.75 Å². The van der Waals surface area contributed by atoms with Gasteiger partial charge in [0, 0.05) is 31.7 Å². The predicted octanol–water partition coefficient (Wildman–Crippen LogP) is 4.25. The van der Waals surface area contributed by atoms with Gasteiger partial charge >= 0.3 is 0 Å². The van der Waals surface area contributed by atoms with Crippen LogP contribution in [-0.2, 0) is 11.3 Å². The molecule has 0 radical (unpaired) electrons. The number of amides is 1. The zero-order valence-corrected chi connectivity index (χ0v) is 17.5. The van der Waals surface area contributed by atoms with Crippen LogP contribution < -0.4 is 4.74 Å². The van der Waals surface area contributed by atoms with E-state index in [1.165, 1.54) is 22.9 Å². The van der Waals surface area contributed by atoms with E-state index in [-0.39, 0.29) is 5.91 Å². The lowest BCUT2D eigenvalue weighted by Gasteiger charge is -2.17. The quantitative estimate of drug-likeness (QED) is 0.561. The summed E-state index contributed by atoms with van der Waals surface area (Å²) < 4.78 is 7.27. The summed E-state index contributed by atoms with van der Waals surface area (Å²) in [6, 6.07) is 14.2. The topological polar surface area (TPSA) is 47.4 Å². The number of hydrogen-bond acceptors (Lipinski definition) is 4. The Balaban J connectivity index is 1.64. The van der Waals surface area contributed by atoms with Gasteiger partial charge in [0.25, 0.3) is 0 Å². The number of carbonyl (C=O) groups excluding carboxylic acids is 1. The Hall–Kier alpha value is -2.73. The van der Waals surface area contributed by atoms with Crippen molar-refractivity contribution < 1.29 is 9.53 Å². The van der Waals surface area contributed by atoms with E-state index in [1.807, 2.05) is 42.1 Å². The van der Waals surface area contributed by atoms with Crippen molar-refractivity contribution in [3.05, 3.63) is 71.5 Å². The number of imidazole rings is 1. The van der Waals surface area contributed by atoms with E-state index in [1.54, 1.807) is 18.2 Å². The number of nitrogens with zero attached hydrogens (tertiary/aromatic N) is 3. The van der Waals surface area contributed by atoms with Crippen molar-refractivity contribution in [2.24, 2.45) is 0 Å². The minimum atomic E-state index is 0.0581. The Bertz CT molecular complexity index is 948. The molecule has 6 heteroatoms. The van der Waals surface area contributed by atoms with Gasteiger partial charge in [-0.2, -0.15) is 0 Å². The highest BCUT2D eigenvalue weighted by Gasteiger charge is 2.13. The normalized spacial score (nSPS) is 10.7. The molecule has 0 spiro atoms. The lowest BCUT2D eigenvalue weighted by molar-refractivity contribution is -0.127. The van der Waals surface area contributed by atoms with Crippen molar-refractivity contribution in [3.63, 3.8) is 0 Å². The molecule has 1 heterocycles. The molecule has 0 aliphatic carbocycles. The first-order valence-electron chi connectivity index (χ1n) is 9.08. The van der Waals surface area contributed by atoms with Gasteiger partial charge in [-0.3, -0.25) is 9.36 Å². The van der Waals surface area contributed by atoms with E-state index in [0.717, 1.165) is 22.2 Å².